The van der Waals surface area contributed by atoms with Crippen molar-refractivity contribution in [1.82, 2.24) is 14.6 Å². The average molecular weight is 379 g/mol. The number of amides is 1. The highest BCUT2D eigenvalue weighted by molar-refractivity contribution is 5.95. The Kier molecular flexibility index (Phi) is 4.03. The highest BCUT2D eigenvalue weighted by Gasteiger charge is 2.44. The molecule has 0 bridgehead atoms. The van der Waals surface area contributed by atoms with Crippen LogP contribution in [0.5, 0.6) is 0 Å². The minimum Gasteiger partial charge on any atom is -0.353 e. The molecule has 1 saturated carbocycles. The Labute approximate surface area is 162 Å². The van der Waals surface area contributed by atoms with Crippen LogP contribution >= 0.6 is 0 Å². The quantitative estimate of drug-likeness (QED) is 0.755. The molecule has 1 saturated heterocycles. The predicted molar refractivity (Wildman–Crippen MR) is 105 cm³/mol. The van der Waals surface area contributed by atoms with Crippen LogP contribution in [0.1, 0.15) is 30.0 Å². The zero-order valence-electron chi connectivity index (χ0n) is 15.7. The van der Waals surface area contributed by atoms with Crippen molar-refractivity contribution >= 4 is 23.2 Å². The number of aromatic nitrogens is 3. The maximum atomic E-state index is 13.7. The minimum atomic E-state index is -0.837. The average Bonchev–Trinajstić information content (AvgIpc) is 3.24. The van der Waals surface area contributed by atoms with Crippen molar-refractivity contribution in [2.24, 2.45) is 5.92 Å². The van der Waals surface area contributed by atoms with Crippen molar-refractivity contribution in [3.05, 3.63) is 53.7 Å². The molecule has 6 nitrogen and oxygen atoms in total. The largest absolute Gasteiger partial charge is 0.353 e. The van der Waals surface area contributed by atoms with E-state index in [2.05, 4.69) is 27.5 Å². The summed E-state index contributed by atoms with van der Waals surface area (Å²) in [5.74, 6) is 1.49. The molecule has 1 aliphatic heterocycles. The summed E-state index contributed by atoms with van der Waals surface area (Å²) < 4.78 is 15.5. The number of aryl methyl sites for hydroxylation is 1. The maximum absolute atomic E-state index is 13.7. The van der Waals surface area contributed by atoms with Crippen molar-refractivity contribution in [3.8, 4) is 0 Å². The summed E-state index contributed by atoms with van der Waals surface area (Å²) in [6.45, 7) is 2.86. The second-order valence-corrected chi connectivity index (χ2v) is 7.74. The molecule has 7 heteroatoms. The fourth-order valence-electron chi connectivity index (χ4n) is 4.06. The molecule has 2 aliphatic rings. The van der Waals surface area contributed by atoms with Gasteiger partial charge in [0.2, 0.25) is 5.91 Å². The molecule has 2 fully saturated rings. The lowest BCUT2D eigenvalue weighted by molar-refractivity contribution is -0.117. The number of hydrogen-bond acceptors (Lipinski definition) is 4. The topological polar surface area (TPSA) is 62.5 Å². The molecule has 3 heterocycles. The van der Waals surface area contributed by atoms with Crippen LogP contribution in [0.4, 0.5) is 16.0 Å². The van der Waals surface area contributed by atoms with Gasteiger partial charge in [0, 0.05) is 24.6 Å². The Morgan fingerprint density at radius 1 is 1.25 bits per heavy atom. The molecule has 3 aromatic rings. The number of carbonyl (C=O) groups is 1. The number of halogens is 1. The van der Waals surface area contributed by atoms with Gasteiger partial charge in [0.1, 0.15) is 17.8 Å². The smallest absolute Gasteiger partial charge is 0.229 e. The van der Waals surface area contributed by atoms with Gasteiger partial charge >= 0.3 is 0 Å². The Balaban J connectivity index is 1.39. The first-order chi connectivity index (χ1) is 13.6. The summed E-state index contributed by atoms with van der Waals surface area (Å²) in [4.78, 5) is 19.2. The number of rotatable bonds is 4. The van der Waals surface area contributed by atoms with Gasteiger partial charge in [0.15, 0.2) is 5.65 Å². The zero-order chi connectivity index (χ0) is 19.3. The normalized spacial score (nSPS) is 23.9. The van der Waals surface area contributed by atoms with E-state index in [9.17, 15) is 9.18 Å². The molecule has 28 heavy (non-hydrogen) atoms. The summed E-state index contributed by atoms with van der Waals surface area (Å²) in [5, 5.41) is 7.45. The van der Waals surface area contributed by atoms with Gasteiger partial charge in [-0.2, -0.15) is 9.61 Å². The third kappa shape index (κ3) is 3.10. The summed E-state index contributed by atoms with van der Waals surface area (Å²) >= 11 is 0. The van der Waals surface area contributed by atoms with E-state index < -0.39 is 6.17 Å². The highest BCUT2D eigenvalue weighted by Crippen LogP contribution is 2.47. The molecule has 2 unspecified atom stereocenters. The summed E-state index contributed by atoms with van der Waals surface area (Å²) in [6, 6.07) is 13.8. The number of carbonyl (C=O) groups excluding carboxylic acids is 1. The van der Waals surface area contributed by atoms with Crippen molar-refractivity contribution < 1.29 is 9.18 Å². The van der Waals surface area contributed by atoms with Gasteiger partial charge in [-0.3, -0.25) is 4.79 Å². The monoisotopic (exact) mass is 379 g/mol. The van der Waals surface area contributed by atoms with Crippen LogP contribution in [-0.2, 0) is 4.79 Å². The molecule has 2 aromatic heterocycles. The lowest BCUT2D eigenvalue weighted by atomic mass is 10.1. The SMILES string of the molecule is Cc1cc2nc(NC(=O)C3CC3c3ccccc3)cc(N3CC[C@@H](F)C3)n2n1. The van der Waals surface area contributed by atoms with Gasteiger partial charge in [-0.25, -0.2) is 9.37 Å². The van der Waals surface area contributed by atoms with Crippen molar-refractivity contribution in [3.63, 3.8) is 0 Å². The van der Waals surface area contributed by atoms with Crippen LogP contribution in [0.3, 0.4) is 0 Å². The third-order valence-corrected chi connectivity index (χ3v) is 5.59. The Morgan fingerprint density at radius 2 is 2.07 bits per heavy atom. The van der Waals surface area contributed by atoms with E-state index in [1.54, 1.807) is 10.6 Å². The van der Waals surface area contributed by atoms with Crippen molar-refractivity contribution in [1.29, 1.82) is 0 Å². The van der Waals surface area contributed by atoms with Crippen LogP contribution in [-0.4, -0.2) is 39.8 Å². The van der Waals surface area contributed by atoms with Crippen LogP contribution < -0.4 is 10.2 Å². The van der Waals surface area contributed by atoms with Gasteiger partial charge in [0.25, 0.3) is 0 Å². The fourth-order valence-corrected chi connectivity index (χ4v) is 4.06. The van der Waals surface area contributed by atoms with E-state index in [4.69, 9.17) is 0 Å². The number of anilines is 2. The van der Waals surface area contributed by atoms with E-state index in [0.29, 0.717) is 31.0 Å². The standard InChI is InChI=1S/C21H22FN5O/c1-13-9-19-23-18(11-20(27(19)25-13)26-8-7-15(22)12-26)24-21(28)17-10-16(17)14-5-3-2-4-6-14/h2-6,9,11,15-17H,7-8,10,12H2,1H3,(H,23,24,28)/t15-,16?,17?/m1/s1. The van der Waals surface area contributed by atoms with Gasteiger partial charge in [-0.15, -0.1) is 0 Å². The molecule has 1 N–H and O–H groups in total. The van der Waals surface area contributed by atoms with Gasteiger partial charge in [-0.05, 0) is 31.2 Å². The second kappa shape index (κ2) is 6.58. The van der Waals surface area contributed by atoms with E-state index in [1.165, 1.54) is 5.56 Å². The minimum absolute atomic E-state index is 0.0160. The van der Waals surface area contributed by atoms with E-state index in [-0.39, 0.29) is 17.7 Å². The molecular weight excluding hydrogens is 357 g/mol. The molecule has 144 valence electrons. The molecule has 1 aromatic carbocycles. The third-order valence-electron chi connectivity index (χ3n) is 5.59. The van der Waals surface area contributed by atoms with E-state index in [0.717, 1.165) is 17.9 Å². The fraction of sp³-hybridized carbons (Fsp3) is 0.381. The molecule has 3 atom stereocenters. The predicted octanol–water partition coefficient (Wildman–Crippen LogP) is 3.33. The molecule has 0 radical (unpaired) electrons. The number of benzene rings is 1. The van der Waals surface area contributed by atoms with E-state index >= 15 is 0 Å². The zero-order valence-corrected chi connectivity index (χ0v) is 15.7. The first kappa shape index (κ1) is 17.2. The number of nitrogens with one attached hydrogen (secondary N) is 1. The lowest BCUT2D eigenvalue weighted by Crippen LogP contribution is -2.24. The highest BCUT2D eigenvalue weighted by atomic mass is 19.1. The molecule has 0 spiro atoms. The Hall–Kier alpha value is -2.96. The van der Waals surface area contributed by atoms with Crippen molar-refractivity contribution in [2.45, 2.75) is 31.9 Å². The van der Waals surface area contributed by atoms with Crippen LogP contribution in [0, 0.1) is 12.8 Å². The maximum Gasteiger partial charge on any atom is 0.229 e. The van der Waals surface area contributed by atoms with Gasteiger partial charge < -0.3 is 10.2 Å². The Bertz CT molecular complexity index is 1030. The Morgan fingerprint density at radius 3 is 2.82 bits per heavy atom. The summed E-state index contributed by atoms with van der Waals surface area (Å²) in [6.07, 6.45) is 0.523. The lowest BCUT2D eigenvalue weighted by Gasteiger charge is -2.19. The van der Waals surface area contributed by atoms with Gasteiger partial charge in [-0.1, -0.05) is 30.3 Å². The van der Waals surface area contributed by atoms with Crippen molar-refractivity contribution in [2.75, 3.05) is 23.3 Å². The summed E-state index contributed by atoms with van der Waals surface area (Å²) in [7, 11) is 0. The van der Waals surface area contributed by atoms with Crippen LogP contribution in [0.15, 0.2) is 42.5 Å². The number of hydrogen-bond donors (Lipinski definition) is 1. The molecule has 5 rings (SSSR count). The van der Waals surface area contributed by atoms with E-state index in [1.807, 2.05) is 36.1 Å². The molecule has 1 amide bonds. The first-order valence-corrected chi connectivity index (χ1v) is 9.71. The number of nitrogens with zero attached hydrogens (tertiary/aromatic N) is 4. The van der Waals surface area contributed by atoms with Crippen LogP contribution in [0.25, 0.3) is 5.65 Å². The molecular formula is C21H22FN5O. The van der Waals surface area contributed by atoms with Crippen LogP contribution in [0.2, 0.25) is 0 Å². The first-order valence-electron chi connectivity index (χ1n) is 9.71. The number of alkyl halides is 1. The summed E-state index contributed by atoms with van der Waals surface area (Å²) in [5.41, 5.74) is 2.69. The number of fused-ring (bicyclic) bond motifs is 1. The second-order valence-electron chi connectivity index (χ2n) is 7.74. The molecule has 1 aliphatic carbocycles. The van der Waals surface area contributed by atoms with Gasteiger partial charge in [0.05, 0.1) is 12.2 Å².